The normalized spacial score (nSPS) is 11.2. The molecule has 3 nitrogen and oxygen atoms in total. The first-order chi connectivity index (χ1) is 9.70. The number of hydrogen-bond acceptors (Lipinski definition) is 4. The van der Waals surface area contributed by atoms with E-state index in [1.807, 2.05) is 29.0 Å². The molecule has 2 heterocycles. The van der Waals surface area contributed by atoms with E-state index in [1.54, 1.807) is 23.5 Å². The lowest BCUT2D eigenvalue weighted by atomic mass is 10.3. The number of carbonyl (C=O) groups is 1. The maximum absolute atomic E-state index is 11.8. The van der Waals surface area contributed by atoms with Crippen molar-refractivity contribution in [3.63, 3.8) is 0 Å². The molecule has 0 spiro atoms. The molecule has 1 aromatic carbocycles. The summed E-state index contributed by atoms with van der Waals surface area (Å²) in [6.45, 7) is 0. The highest BCUT2D eigenvalue weighted by Crippen LogP contribution is 2.28. The Hall–Kier alpha value is -1.69. The van der Waals surface area contributed by atoms with Gasteiger partial charge in [-0.2, -0.15) is 11.3 Å². The highest BCUT2D eigenvalue weighted by molar-refractivity contribution is 7.22. The first-order valence-corrected chi connectivity index (χ1v) is 7.92. The van der Waals surface area contributed by atoms with Crippen LogP contribution in [-0.4, -0.2) is 10.9 Å². The van der Waals surface area contributed by atoms with Crippen molar-refractivity contribution in [2.75, 3.05) is 5.32 Å². The molecule has 100 valence electrons. The highest BCUT2D eigenvalue weighted by atomic mass is 35.5. The van der Waals surface area contributed by atoms with Crippen molar-refractivity contribution in [2.45, 2.75) is 0 Å². The number of amides is 1. The van der Waals surface area contributed by atoms with E-state index in [1.165, 1.54) is 17.4 Å². The molecule has 3 rings (SSSR count). The Morgan fingerprint density at radius 2 is 2.25 bits per heavy atom. The van der Waals surface area contributed by atoms with Gasteiger partial charge in [0.1, 0.15) is 0 Å². The minimum absolute atomic E-state index is 0.193. The summed E-state index contributed by atoms with van der Waals surface area (Å²) < 4.78 is 0.953. The van der Waals surface area contributed by atoms with E-state index in [2.05, 4.69) is 10.3 Å². The van der Waals surface area contributed by atoms with Gasteiger partial charge in [-0.3, -0.25) is 10.1 Å². The molecular formula is C14H9ClN2OS2. The number of rotatable bonds is 3. The summed E-state index contributed by atoms with van der Waals surface area (Å²) in [5.74, 6) is -0.193. The van der Waals surface area contributed by atoms with Crippen molar-refractivity contribution in [1.29, 1.82) is 0 Å². The summed E-state index contributed by atoms with van der Waals surface area (Å²) in [6.07, 6.45) is 3.27. The molecule has 3 aromatic rings. The van der Waals surface area contributed by atoms with Crippen LogP contribution >= 0.6 is 34.3 Å². The third kappa shape index (κ3) is 3.07. The molecule has 0 bridgehead atoms. The van der Waals surface area contributed by atoms with Crippen LogP contribution in [0.5, 0.6) is 0 Å². The molecule has 0 radical (unpaired) electrons. The van der Waals surface area contributed by atoms with E-state index in [-0.39, 0.29) is 5.91 Å². The number of thiazole rings is 1. The topological polar surface area (TPSA) is 42.0 Å². The second-order valence-corrected chi connectivity index (χ2v) is 6.26. The van der Waals surface area contributed by atoms with Crippen LogP contribution in [0.1, 0.15) is 5.56 Å². The Kier molecular flexibility index (Phi) is 3.82. The zero-order valence-corrected chi connectivity index (χ0v) is 12.6. The number of carbonyl (C=O) groups excluding carboxylic acids is 1. The van der Waals surface area contributed by atoms with Gasteiger partial charge in [0.2, 0.25) is 5.91 Å². The van der Waals surface area contributed by atoms with Crippen LogP contribution in [0.4, 0.5) is 5.13 Å². The second-order valence-electron chi connectivity index (χ2n) is 4.01. The minimum Gasteiger partial charge on any atom is -0.298 e. The Balaban J connectivity index is 1.74. The molecule has 0 fully saturated rings. The number of hydrogen-bond donors (Lipinski definition) is 1. The average Bonchev–Trinajstić information content (AvgIpc) is 3.04. The van der Waals surface area contributed by atoms with Gasteiger partial charge in [-0.1, -0.05) is 22.9 Å². The predicted molar refractivity (Wildman–Crippen MR) is 86.6 cm³/mol. The Morgan fingerprint density at radius 3 is 3.05 bits per heavy atom. The van der Waals surface area contributed by atoms with Crippen LogP contribution in [-0.2, 0) is 4.79 Å². The average molecular weight is 321 g/mol. The zero-order chi connectivity index (χ0) is 13.9. The van der Waals surface area contributed by atoms with Gasteiger partial charge in [0.05, 0.1) is 10.2 Å². The van der Waals surface area contributed by atoms with Crippen molar-refractivity contribution in [3.05, 3.63) is 51.7 Å². The molecule has 2 aromatic heterocycles. The first kappa shape index (κ1) is 13.3. The van der Waals surface area contributed by atoms with Gasteiger partial charge in [-0.15, -0.1) is 0 Å². The molecule has 0 aliphatic heterocycles. The third-order valence-corrected chi connectivity index (χ3v) is 4.42. The Morgan fingerprint density at radius 1 is 1.35 bits per heavy atom. The fourth-order valence-corrected chi connectivity index (χ4v) is 3.41. The van der Waals surface area contributed by atoms with E-state index < -0.39 is 0 Å². The van der Waals surface area contributed by atoms with Crippen molar-refractivity contribution in [2.24, 2.45) is 0 Å². The number of anilines is 1. The molecule has 6 heteroatoms. The van der Waals surface area contributed by atoms with Crippen molar-refractivity contribution in [3.8, 4) is 0 Å². The number of nitrogens with one attached hydrogen (secondary N) is 1. The van der Waals surface area contributed by atoms with Gasteiger partial charge >= 0.3 is 0 Å². The fraction of sp³-hybridized carbons (Fsp3) is 0. The fourth-order valence-electron chi connectivity index (χ4n) is 1.64. The molecule has 0 unspecified atom stereocenters. The predicted octanol–water partition coefficient (Wildman–Crippen LogP) is 4.66. The quantitative estimate of drug-likeness (QED) is 0.713. The summed E-state index contributed by atoms with van der Waals surface area (Å²) in [5.41, 5.74) is 1.85. The van der Waals surface area contributed by atoms with Crippen LogP contribution in [0.25, 0.3) is 16.3 Å². The molecule has 0 saturated heterocycles. The van der Waals surface area contributed by atoms with E-state index in [0.717, 1.165) is 15.8 Å². The smallest absolute Gasteiger partial charge is 0.250 e. The van der Waals surface area contributed by atoms with Gasteiger partial charge in [-0.25, -0.2) is 4.98 Å². The second kappa shape index (κ2) is 5.75. The number of halogens is 1. The summed E-state index contributed by atoms with van der Waals surface area (Å²) in [4.78, 5) is 16.1. The van der Waals surface area contributed by atoms with Crippen LogP contribution in [0.15, 0.2) is 41.1 Å². The highest BCUT2D eigenvalue weighted by Gasteiger charge is 2.06. The van der Waals surface area contributed by atoms with Gasteiger partial charge in [0.25, 0.3) is 0 Å². The van der Waals surface area contributed by atoms with Gasteiger partial charge in [0.15, 0.2) is 5.13 Å². The van der Waals surface area contributed by atoms with E-state index in [0.29, 0.717) is 10.2 Å². The Labute approximate surface area is 128 Å². The van der Waals surface area contributed by atoms with Crippen LogP contribution < -0.4 is 5.32 Å². The lowest BCUT2D eigenvalue weighted by Gasteiger charge is -1.94. The van der Waals surface area contributed by atoms with Crippen LogP contribution in [0.3, 0.4) is 0 Å². The van der Waals surface area contributed by atoms with Crippen molar-refractivity contribution >= 4 is 61.6 Å². The van der Waals surface area contributed by atoms with Gasteiger partial charge in [0, 0.05) is 11.1 Å². The summed E-state index contributed by atoms with van der Waals surface area (Å²) in [6, 6.07) is 7.41. The maximum atomic E-state index is 11.8. The molecule has 0 aliphatic carbocycles. The number of thiophene rings is 1. The standard InChI is InChI=1S/C14H9ClN2OS2/c15-10-2-3-11-12(7-10)20-14(16-11)17-13(18)4-1-9-5-6-19-8-9/h1-8H,(H,16,17,18)/b4-1+. The van der Waals surface area contributed by atoms with Gasteiger partial charge < -0.3 is 0 Å². The van der Waals surface area contributed by atoms with Crippen molar-refractivity contribution in [1.82, 2.24) is 4.98 Å². The SMILES string of the molecule is O=C(/C=C/c1ccsc1)Nc1nc2ccc(Cl)cc2s1. The zero-order valence-electron chi connectivity index (χ0n) is 10.2. The number of aromatic nitrogens is 1. The summed E-state index contributed by atoms with van der Waals surface area (Å²) in [5, 5.41) is 7.93. The van der Waals surface area contributed by atoms with Crippen LogP contribution in [0.2, 0.25) is 5.02 Å². The molecule has 1 amide bonds. The molecule has 0 saturated carbocycles. The molecule has 1 N–H and O–H groups in total. The molecule has 0 aliphatic rings. The van der Waals surface area contributed by atoms with E-state index >= 15 is 0 Å². The van der Waals surface area contributed by atoms with Crippen molar-refractivity contribution < 1.29 is 4.79 Å². The Bertz CT molecular complexity index is 778. The number of benzene rings is 1. The molecular weight excluding hydrogens is 312 g/mol. The largest absolute Gasteiger partial charge is 0.298 e. The lowest BCUT2D eigenvalue weighted by molar-refractivity contribution is -0.111. The molecule has 0 atom stereocenters. The third-order valence-electron chi connectivity index (χ3n) is 2.55. The number of fused-ring (bicyclic) bond motifs is 1. The summed E-state index contributed by atoms with van der Waals surface area (Å²) in [7, 11) is 0. The molecule has 20 heavy (non-hydrogen) atoms. The van der Waals surface area contributed by atoms with Crippen LogP contribution in [0, 0.1) is 0 Å². The first-order valence-electron chi connectivity index (χ1n) is 5.78. The number of nitrogens with zero attached hydrogens (tertiary/aromatic N) is 1. The monoisotopic (exact) mass is 320 g/mol. The van der Waals surface area contributed by atoms with Gasteiger partial charge in [-0.05, 0) is 46.7 Å². The minimum atomic E-state index is -0.193. The van der Waals surface area contributed by atoms with E-state index in [4.69, 9.17) is 11.6 Å². The van der Waals surface area contributed by atoms with E-state index in [9.17, 15) is 4.79 Å². The lowest BCUT2D eigenvalue weighted by Crippen LogP contribution is -2.06. The maximum Gasteiger partial charge on any atom is 0.250 e. The summed E-state index contributed by atoms with van der Waals surface area (Å²) >= 11 is 8.92.